The number of aliphatic imine (C=N–C) groups is 1. The molecule has 1 heterocycles. The Kier molecular flexibility index (Phi) is 5.15. The summed E-state index contributed by atoms with van der Waals surface area (Å²) in [4.78, 5) is 5.31. The fraction of sp³-hybridized carbons (Fsp3) is 0.154. The quantitative estimate of drug-likeness (QED) is 0.478. The van der Waals surface area contributed by atoms with E-state index in [1.165, 1.54) is 0 Å². The summed E-state index contributed by atoms with van der Waals surface area (Å²) in [5.74, 6) is 0.822. The zero-order chi connectivity index (χ0) is 12.4. The summed E-state index contributed by atoms with van der Waals surface area (Å²) in [6.07, 6.45) is 0. The molecule has 0 unspecified atom stereocenters. The third kappa shape index (κ3) is 3.23. The Morgan fingerprint density at radius 1 is 1.28 bits per heavy atom. The largest absolute Gasteiger partial charge is 0.507 e. The van der Waals surface area contributed by atoms with Gasteiger partial charge >= 0.3 is 0 Å². The van der Waals surface area contributed by atoms with Crippen molar-refractivity contribution in [3.8, 4) is 5.75 Å². The summed E-state index contributed by atoms with van der Waals surface area (Å²) in [6, 6.07) is 7.52. The van der Waals surface area contributed by atoms with Crippen molar-refractivity contribution >= 4 is 46.8 Å². The lowest BCUT2D eigenvalue weighted by atomic mass is 10.1. The number of halogens is 1. The van der Waals surface area contributed by atoms with Crippen molar-refractivity contribution in [1.82, 2.24) is 0 Å². The van der Waals surface area contributed by atoms with Crippen LogP contribution in [-0.2, 0) is 0 Å². The minimum absolute atomic E-state index is 0. The molecule has 96 valence electrons. The smallest absolute Gasteiger partial charge is 0.141 e. The highest BCUT2D eigenvalue weighted by Gasteiger charge is 2.04. The summed E-state index contributed by atoms with van der Waals surface area (Å²) in [5, 5.41) is 11.6. The molecule has 0 aliphatic rings. The molecule has 0 saturated carbocycles. The average Bonchev–Trinajstić information content (AvgIpc) is 2.79. The SMILES string of the molecule is Cc1cc(N=C(N)c2cccs2)cc(C)c1O.I. The number of phenolic OH excluding ortho intramolecular Hbond substituents is 1. The molecule has 2 rings (SSSR count). The van der Waals surface area contributed by atoms with Gasteiger partial charge in [-0.15, -0.1) is 35.3 Å². The number of amidine groups is 1. The first kappa shape index (κ1) is 15.0. The number of benzene rings is 1. The van der Waals surface area contributed by atoms with Crippen molar-refractivity contribution in [2.24, 2.45) is 10.7 Å². The number of aromatic hydroxyl groups is 1. The molecule has 5 heteroatoms. The molecule has 0 spiro atoms. The van der Waals surface area contributed by atoms with Crippen LogP contribution in [0, 0.1) is 13.8 Å². The minimum atomic E-state index is 0. The fourth-order valence-corrected chi connectivity index (χ4v) is 2.24. The third-order valence-corrected chi connectivity index (χ3v) is 3.39. The van der Waals surface area contributed by atoms with E-state index < -0.39 is 0 Å². The van der Waals surface area contributed by atoms with Gasteiger partial charge < -0.3 is 10.8 Å². The van der Waals surface area contributed by atoms with E-state index in [9.17, 15) is 5.11 Å². The van der Waals surface area contributed by atoms with E-state index in [1.807, 2.05) is 43.5 Å². The van der Waals surface area contributed by atoms with Crippen molar-refractivity contribution < 1.29 is 5.11 Å². The number of rotatable bonds is 2. The maximum absolute atomic E-state index is 9.67. The van der Waals surface area contributed by atoms with Gasteiger partial charge in [-0.25, -0.2) is 4.99 Å². The molecule has 2 aromatic rings. The average molecular weight is 374 g/mol. The molecule has 3 N–H and O–H groups in total. The van der Waals surface area contributed by atoms with Crippen LogP contribution in [0.25, 0.3) is 0 Å². The van der Waals surface area contributed by atoms with E-state index in [1.54, 1.807) is 11.3 Å². The van der Waals surface area contributed by atoms with Crippen LogP contribution in [0.3, 0.4) is 0 Å². The Morgan fingerprint density at radius 3 is 2.39 bits per heavy atom. The normalized spacial score (nSPS) is 11.1. The van der Waals surface area contributed by atoms with Crippen LogP contribution >= 0.6 is 35.3 Å². The van der Waals surface area contributed by atoms with Gasteiger partial charge in [0.05, 0.1) is 10.6 Å². The lowest BCUT2D eigenvalue weighted by Crippen LogP contribution is -2.10. The maximum Gasteiger partial charge on any atom is 0.141 e. The summed E-state index contributed by atoms with van der Waals surface area (Å²) in [6.45, 7) is 3.70. The first-order chi connectivity index (χ1) is 8.08. The molecule has 0 aliphatic carbocycles. The van der Waals surface area contributed by atoms with E-state index >= 15 is 0 Å². The molecule has 0 amide bonds. The fourth-order valence-electron chi connectivity index (χ4n) is 1.62. The molecule has 0 bridgehead atoms. The van der Waals surface area contributed by atoms with Crippen LogP contribution in [0.1, 0.15) is 16.0 Å². The number of nitrogens with two attached hydrogens (primary N) is 1. The van der Waals surface area contributed by atoms with Crippen LogP contribution < -0.4 is 5.73 Å². The molecule has 0 fully saturated rings. The first-order valence-corrected chi connectivity index (χ1v) is 6.14. The Morgan fingerprint density at radius 2 is 1.89 bits per heavy atom. The van der Waals surface area contributed by atoms with Gasteiger partial charge in [0.25, 0.3) is 0 Å². The van der Waals surface area contributed by atoms with E-state index in [2.05, 4.69) is 4.99 Å². The minimum Gasteiger partial charge on any atom is -0.507 e. The van der Waals surface area contributed by atoms with Crippen LogP contribution in [0.2, 0.25) is 0 Å². The van der Waals surface area contributed by atoms with Gasteiger partial charge in [0.2, 0.25) is 0 Å². The molecule has 0 saturated heterocycles. The topological polar surface area (TPSA) is 58.6 Å². The van der Waals surface area contributed by atoms with Crippen molar-refractivity contribution in [2.45, 2.75) is 13.8 Å². The number of hydrogen-bond donors (Lipinski definition) is 2. The number of aryl methyl sites for hydroxylation is 2. The van der Waals surface area contributed by atoms with Crippen LogP contribution in [-0.4, -0.2) is 10.9 Å². The van der Waals surface area contributed by atoms with Gasteiger partial charge in [0.15, 0.2) is 0 Å². The molecular formula is C13H15IN2OS. The summed E-state index contributed by atoms with van der Waals surface area (Å²) in [5.41, 5.74) is 8.29. The Balaban J connectivity index is 0.00000162. The predicted molar refractivity (Wildman–Crippen MR) is 87.7 cm³/mol. The lowest BCUT2D eigenvalue weighted by molar-refractivity contribution is 0.467. The third-order valence-electron chi connectivity index (χ3n) is 2.50. The lowest BCUT2D eigenvalue weighted by Gasteiger charge is -2.05. The first-order valence-electron chi connectivity index (χ1n) is 5.26. The Labute approximate surface area is 127 Å². The summed E-state index contributed by atoms with van der Waals surface area (Å²) in [7, 11) is 0. The second-order valence-corrected chi connectivity index (χ2v) is 4.85. The summed E-state index contributed by atoms with van der Waals surface area (Å²) >= 11 is 1.56. The second kappa shape index (κ2) is 6.19. The highest BCUT2D eigenvalue weighted by molar-refractivity contribution is 14.0. The molecule has 0 atom stereocenters. The molecule has 0 radical (unpaired) electrons. The monoisotopic (exact) mass is 374 g/mol. The second-order valence-electron chi connectivity index (χ2n) is 3.90. The maximum atomic E-state index is 9.67. The van der Waals surface area contributed by atoms with Crippen LogP contribution in [0.5, 0.6) is 5.75 Å². The van der Waals surface area contributed by atoms with Crippen LogP contribution in [0.15, 0.2) is 34.6 Å². The highest BCUT2D eigenvalue weighted by Crippen LogP contribution is 2.27. The van der Waals surface area contributed by atoms with E-state index in [4.69, 9.17) is 5.73 Å². The standard InChI is InChI=1S/C13H14N2OS.HI/c1-8-6-10(7-9(2)12(8)16)15-13(14)11-4-3-5-17-11;/h3-7,16H,1-2H3,(H2,14,15);1H. The summed E-state index contributed by atoms with van der Waals surface area (Å²) < 4.78 is 0. The Hall–Kier alpha value is -1.08. The van der Waals surface area contributed by atoms with Gasteiger partial charge in [0.1, 0.15) is 11.6 Å². The van der Waals surface area contributed by atoms with Crippen molar-refractivity contribution in [3.05, 3.63) is 45.6 Å². The molecular weight excluding hydrogens is 359 g/mol. The number of phenols is 1. The zero-order valence-electron chi connectivity index (χ0n) is 10.2. The van der Waals surface area contributed by atoms with Crippen molar-refractivity contribution in [3.63, 3.8) is 0 Å². The molecule has 3 nitrogen and oxygen atoms in total. The predicted octanol–water partition coefficient (Wildman–Crippen LogP) is 3.73. The molecule has 1 aromatic heterocycles. The van der Waals surface area contributed by atoms with Crippen molar-refractivity contribution in [2.75, 3.05) is 0 Å². The van der Waals surface area contributed by atoms with Crippen molar-refractivity contribution in [1.29, 1.82) is 0 Å². The number of thiophene rings is 1. The van der Waals surface area contributed by atoms with Crippen LogP contribution in [0.4, 0.5) is 5.69 Å². The molecule has 0 aliphatic heterocycles. The molecule has 1 aromatic carbocycles. The molecule has 18 heavy (non-hydrogen) atoms. The van der Waals surface area contributed by atoms with E-state index in [0.29, 0.717) is 11.6 Å². The zero-order valence-corrected chi connectivity index (χ0v) is 13.3. The van der Waals surface area contributed by atoms with Gasteiger partial charge in [-0.1, -0.05) is 6.07 Å². The van der Waals surface area contributed by atoms with E-state index in [-0.39, 0.29) is 24.0 Å². The highest BCUT2D eigenvalue weighted by atomic mass is 127. The van der Waals surface area contributed by atoms with Gasteiger partial charge in [-0.2, -0.15) is 0 Å². The van der Waals surface area contributed by atoms with Gasteiger partial charge in [-0.3, -0.25) is 0 Å². The van der Waals surface area contributed by atoms with E-state index in [0.717, 1.165) is 21.7 Å². The number of nitrogens with zero attached hydrogens (tertiary/aromatic N) is 1. The number of hydrogen-bond acceptors (Lipinski definition) is 3. The Bertz CT molecular complexity index is 541. The van der Waals surface area contributed by atoms with Gasteiger partial charge in [-0.05, 0) is 48.6 Å². The van der Waals surface area contributed by atoms with Gasteiger partial charge in [0, 0.05) is 0 Å².